The van der Waals surface area contributed by atoms with Gasteiger partial charge in [-0.1, -0.05) is 24.3 Å². The van der Waals surface area contributed by atoms with Crippen molar-refractivity contribution in [2.24, 2.45) is 0 Å². The van der Waals surface area contributed by atoms with Crippen molar-refractivity contribution < 1.29 is 9.84 Å². The summed E-state index contributed by atoms with van der Waals surface area (Å²) in [5.41, 5.74) is 3.64. The van der Waals surface area contributed by atoms with E-state index in [1.807, 2.05) is 31.3 Å². The molecule has 0 spiro atoms. The van der Waals surface area contributed by atoms with Crippen LogP contribution in [0.25, 0.3) is 0 Å². The van der Waals surface area contributed by atoms with Crippen molar-refractivity contribution in [2.45, 2.75) is 25.5 Å². The molecule has 0 aromatic heterocycles. The van der Waals surface area contributed by atoms with Crippen LogP contribution >= 0.6 is 0 Å². The van der Waals surface area contributed by atoms with Gasteiger partial charge in [0.05, 0.1) is 0 Å². The van der Waals surface area contributed by atoms with E-state index >= 15 is 0 Å². The highest BCUT2D eigenvalue weighted by Gasteiger charge is 2.23. The predicted molar refractivity (Wildman–Crippen MR) is 79.0 cm³/mol. The summed E-state index contributed by atoms with van der Waals surface area (Å²) < 4.78 is 5.94. The molecule has 1 aliphatic carbocycles. The Labute approximate surface area is 119 Å². The first-order valence-corrected chi connectivity index (χ1v) is 6.97. The number of benzene rings is 2. The smallest absolute Gasteiger partial charge is 0.123 e. The molecule has 20 heavy (non-hydrogen) atoms. The minimum atomic E-state index is 0.277. The van der Waals surface area contributed by atoms with Crippen LogP contribution in [0.15, 0.2) is 42.5 Å². The van der Waals surface area contributed by atoms with Gasteiger partial charge in [-0.05, 0) is 54.8 Å². The number of hydrogen-bond donors (Lipinski definition) is 2. The molecule has 0 saturated heterocycles. The molecule has 0 saturated carbocycles. The van der Waals surface area contributed by atoms with Crippen molar-refractivity contribution in [3.05, 3.63) is 59.2 Å². The van der Waals surface area contributed by atoms with Crippen LogP contribution in [0.1, 0.15) is 29.2 Å². The van der Waals surface area contributed by atoms with E-state index in [1.54, 1.807) is 12.1 Å². The number of phenolic OH excluding ortho intramolecular Hbond substituents is 1. The fourth-order valence-electron chi connectivity index (χ4n) is 2.86. The van der Waals surface area contributed by atoms with Gasteiger partial charge in [0.25, 0.3) is 0 Å². The maximum Gasteiger partial charge on any atom is 0.123 e. The minimum Gasteiger partial charge on any atom is -0.508 e. The molecule has 2 N–H and O–H groups in total. The molecule has 0 amide bonds. The summed E-state index contributed by atoms with van der Waals surface area (Å²) >= 11 is 0. The van der Waals surface area contributed by atoms with Crippen LogP contribution in [0.2, 0.25) is 0 Å². The summed E-state index contributed by atoms with van der Waals surface area (Å²) in [5, 5.41) is 12.8. The van der Waals surface area contributed by atoms with Crippen LogP contribution in [0.3, 0.4) is 0 Å². The van der Waals surface area contributed by atoms with Crippen molar-refractivity contribution >= 4 is 0 Å². The molecule has 3 heteroatoms. The predicted octanol–water partition coefficient (Wildman–Crippen LogP) is 3.18. The lowest BCUT2D eigenvalue weighted by Crippen LogP contribution is -2.12. The number of ether oxygens (including phenoxy) is 1. The Hall–Kier alpha value is -2.00. The normalized spacial score (nSPS) is 16.9. The second-order valence-electron chi connectivity index (χ2n) is 5.16. The molecule has 1 atom stereocenters. The summed E-state index contributed by atoms with van der Waals surface area (Å²) in [6.07, 6.45) is 2.18. The van der Waals surface area contributed by atoms with Crippen LogP contribution in [0.5, 0.6) is 11.5 Å². The zero-order valence-corrected chi connectivity index (χ0v) is 11.6. The average molecular weight is 269 g/mol. The maximum absolute atomic E-state index is 9.47. The molecule has 0 bridgehead atoms. The molecule has 1 unspecified atom stereocenters. The third-order valence-electron chi connectivity index (χ3n) is 3.88. The topological polar surface area (TPSA) is 41.5 Å². The quantitative estimate of drug-likeness (QED) is 0.895. The number of phenols is 1. The summed E-state index contributed by atoms with van der Waals surface area (Å²) in [4.78, 5) is 0. The van der Waals surface area contributed by atoms with E-state index in [4.69, 9.17) is 4.74 Å². The Balaban J connectivity index is 1.77. The van der Waals surface area contributed by atoms with Crippen molar-refractivity contribution in [1.82, 2.24) is 5.32 Å². The Morgan fingerprint density at radius 1 is 1.25 bits per heavy atom. The third kappa shape index (κ3) is 2.49. The van der Waals surface area contributed by atoms with Crippen molar-refractivity contribution in [1.29, 1.82) is 0 Å². The number of rotatable bonds is 4. The van der Waals surface area contributed by atoms with Gasteiger partial charge in [0, 0.05) is 6.04 Å². The molecule has 104 valence electrons. The van der Waals surface area contributed by atoms with Crippen LogP contribution in [-0.4, -0.2) is 12.2 Å². The van der Waals surface area contributed by atoms with Crippen LogP contribution in [-0.2, 0) is 13.0 Å². The lowest BCUT2D eigenvalue weighted by molar-refractivity contribution is 0.302. The van der Waals surface area contributed by atoms with Gasteiger partial charge in [0.1, 0.15) is 18.1 Å². The first-order valence-electron chi connectivity index (χ1n) is 6.97. The van der Waals surface area contributed by atoms with Gasteiger partial charge in [-0.25, -0.2) is 0 Å². The number of fused-ring (bicyclic) bond motifs is 1. The van der Waals surface area contributed by atoms with Gasteiger partial charge in [0.15, 0.2) is 0 Å². The molecule has 3 nitrogen and oxygen atoms in total. The van der Waals surface area contributed by atoms with Crippen LogP contribution in [0.4, 0.5) is 0 Å². The Bertz CT molecular complexity index is 610. The van der Waals surface area contributed by atoms with E-state index in [9.17, 15) is 5.11 Å². The average Bonchev–Trinajstić information content (AvgIpc) is 2.89. The highest BCUT2D eigenvalue weighted by molar-refractivity contribution is 5.45. The standard InChI is InChI=1S/C17H19NO2/c1-18-16-9-8-15-14(16)6-3-7-17(15)20-11-12-4-2-5-13(19)10-12/h2-7,10,16,18-19H,8-9,11H2,1H3. The molecular weight excluding hydrogens is 250 g/mol. The number of hydrogen-bond acceptors (Lipinski definition) is 3. The molecule has 2 aromatic carbocycles. The zero-order valence-electron chi connectivity index (χ0n) is 11.6. The van der Waals surface area contributed by atoms with Gasteiger partial charge < -0.3 is 15.2 Å². The molecule has 1 aliphatic rings. The molecule has 3 rings (SSSR count). The van der Waals surface area contributed by atoms with Gasteiger partial charge in [-0.2, -0.15) is 0 Å². The summed E-state index contributed by atoms with van der Waals surface area (Å²) in [6.45, 7) is 0.481. The van der Waals surface area contributed by atoms with E-state index in [2.05, 4.69) is 11.4 Å². The summed E-state index contributed by atoms with van der Waals surface area (Å²) in [5.74, 6) is 1.24. The molecule has 0 aliphatic heterocycles. The second-order valence-corrected chi connectivity index (χ2v) is 5.16. The summed E-state index contributed by atoms with van der Waals surface area (Å²) in [7, 11) is 2.00. The van der Waals surface area contributed by atoms with Crippen LogP contribution in [0, 0.1) is 0 Å². The van der Waals surface area contributed by atoms with Gasteiger partial charge in [-0.15, -0.1) is 0 Å². The van der Waals surface area contributed by atoms with Crippen molar-refractivity contribution in [2.75, 3.05) is 7.05 Å². The highest BCUT2D eigenvalue weighted by Crippen LogP contribution is 2.36. The van der Waals surface area contributed by atoms with E-state index in [0.29, 0.717) is 12.6 Å². The Morgan fingerprint density at radius 3 is 2.90 bits per heavy atom. The zero-order chi connectivity index (χ0) is 13.9. The molecular formula is C17H19NO2. The SMILES string of the molecule is CNC1CCc2c(OCc3cccc(O)c3)cccc21. The van der Waals surface area contributed by atoms with Gasteiger partial charge in [-0.3, -0.25) is 0 Å². The molecule has 0 heterocycles. The molecule has 0 fully saturated rings. The molecule has 2 aromatic rings. The lowest BCUT2D eigenvalue weighted by Gasteiger charge is -2.13. The lowest BCUT2D eigenvalue weighted by atomic mass is 10.1. The fraction of sp³-hybridized carbons (Fsp3) is 0.294. The van der Waals surface area contributed by atoms with Crippen molar-refractivity contribution in [3.8, 4) is 11.5 Å². The maximum atomic E-state index is 9.47. The Morgan fingerprint density at radius 2 is 2.10 bits per heavy atom. The van der Waals surface area contributed by atoms with Gasteiger partial charge in [0.2, 0.25) is 0 Å². The third-order valence-corrected chi connectivity index (χ3v) is 3.88. The highest BCUT2D eigenvalue weighted by atomic mass is 16.5. The minimum absolute atomic E-state index is 0.277. The fourth-order valence-corrected chi connectivity index (χ4v) is 2.86. The first kappa shape index (κ1) is 13.0. The van der Waals surface area contributed by atoms with Crippen molar-refractivity contribution in [3.63, 3.8) is 0 Å². The first-order chi connectivity index (χ1) is 9.78. The van der Waals surface area contributed by atoms with Gasteiger partial charge >= 0.3 is 0 Å². The largest absolute Gasteiger partial charge is 0.508 e. The second kappa shape index (κ2) is 5.55. The monoisotopic (exact) mass is 269 g/mol. The van der Waals surface area contributed by atoms with E-state index in [-0.39, 0.29) is 5.75 Å². The van der Waals surface area contributed by atoms with E-state index in [0.717, 1.165) is 24.2 Å². The van der Waals surface area contributed by atoms with E-state index < -0.39 is 0 Å². The molecule has 0 radical (unpaired) electrons. The van der Waals surface area contributed by atoms with Crippen LogP contribution < -0.4 is 10.1 Å². The summed E-state index contributed by atoms with van der Waals surface area (Å²) in [6, 6.07) is 13.9. The number of aromatic hydroxyl groups is 1. The van der Waals surface area contributed by atoms with E-state index in [1.165, 1.54) is 11.1 Å². The number of nitrogens with one attached hydrogen (secondary N) is 1. The Kier molecular flexibility index (Phi) is 3.61.